The first-order chi connectivity index (χ1) is 14.5. The number of hydrogen-bond donors (Lipinski definition) is 3. The van der Waals surface area contributed by atoms with E-state index in [1.807, 2.05) is 0 Å². The molecule has 1 aliphatic heterocycles. The highest BCUT2D eigenvalue weighted by Crippen LogP contribution is 2.36. The van der Waals surface area contributed by atoms with Gasteiger partial charge in [-0.3, -0.25) is 14.2 Å². The van der Waals surface area contributed by atoms with Gasteiger partial charge in [0.05, 0.1) is 24.4 Å². The second-order valence-electron chi connectivity index (χ2n) is 6.22. The van der Waals surface area contributed by atoms with E-state index in [4.69, 9.17) is 19.3 Å². The number of nitrogens with zero attached hydrogens (tertiary/aromatic N) is 2. The Morgan fingerprint density at radius 2 is 2.03 bits per heavy atom. The zero-order valence-electron chi connectivity index (χ0n) is 15.4. The number of benzene rings is 1. The van der Waals surface area contributed by atoms with Crippen molar-refractivity contribution in [2.24, 2.45) is 0 Å². The normalized spacial score (nSPS) is 17.5. The van der Waals surface area contributed by atoms with E-state index >= 15 is 0 Å². The number of anilines is 1. The van der Waals surface area contributed by atoms with Crippen LogP contribution in [-0.4, -0.2) is 63.9 Å². The summed E-state index contributed by atoms with van der Waals surface area (Å²) in [6, 6.07) is 2.78. The Balaban J connectivity index is 1.70. The Morgan fingerprint density at radius 3 is 2.61 bits per heavy atom. The summed E-state index contributed by atoms with van der Waals surface area (Å²) in [6.07, 6.45) is -2.67. The number of ketones is 1. The average molecular weight is 464 g/mol. The van der Waals surface area contributed by atoms with Crippen molar-refractivity contribution in [2.75, 3.05) is 24.7 Å². The molecule has 31 heavy (non-hydrogen) atoms. The van der Waals surface area contributed by atoms with Crippen LogP contribution in [0, 0.1) is 11.6 Å². The molecule has 0 aliphatic carbocycles. The van der Waals surface area contributed by atoms with E-state index in [0.717, 1.165) is 4.90 Å². The van der Waals surface area contributed by atoms with Gasteiger partial charge in [-0.05, 0) is 17.3 Å². The van der Waals surface area contributed by atoms with Crippen molar-refractivity contribution in [3.8, 4) is 5.88 Å². The molecule has 0 bridgehead atoms. The van der Waals surface area contributed by atoms with Gasteiger partial charge in [-0.1, -0.05) is 0 Å². The van der Waals surface area contributed by atoms with E-state index in [2.05, 4.69) is 14.2 Å². The zero-order chi connectivity index (χ0) is 22.8. The number of aromatic nitrogens is 1. The van der Waals surface area contributed by atoms with Crippen LogP contribution in [0.4, 0.5) is 19.3 Å². The van der Waals surface area contributed by atoms with E-state index < -0.39 is 55.7 Å². The maximum atomic E-state index is 14.4. The van der Waals surface area contributed by atoms with Crippen molar-refractivity contribution in [3.63, 3.8) is 0 Å². The molecule has 12 nitrogen and oxygen atoms in total. The van der Waals surface area contributed by atoms with E-state index in [0.29, 0.717) is 12.1 Å². The van der Waals surface area contributed by atoms with Gasteiger partial charge in [0.25, 0.3) is 5.88 Å². The van der Waals surface area contributed by atoms with Crippen LogP contribution >= 0.6 is 7.82 Å². The quantitative estimate of drug-likeness (QED) is 0.358. The summed E-state index contributed by atoms with van der Waals surface area (Å²) in [5.41, 5.74) is -1.43. The predicted octanol–water partition coefficient (Wildman–Crippen LogP) is 1.01. The molecule has 1 fully saturated rings. The van der Waals surface area contributed by atoms with Crippen LogP contribution in [0.2, 0.25) is 0 Å². The Morgan fingerprint density at radius 1 is 1.35 bits per heavy atom. The van der Waals surface area contributed by atoms with Gasteiger partial charge in [-0.15, -0.1) is 0 Å². The first-order valence-electron chi connectivity index (χ1n) is 8.48. The lowest BCUT2D eigenvalue weighted by Gasteiger charge is -2.16. The molecule has 1 saturated heterocycles. The number of rotatable bonds is 9. The molecule has 0 radical (unpaired) electrons. The van der Waals surface area contributed by atoms with Crippen LogP contribution in [-0.2, 0) is 13.8 Å². The van der Waals surface area contributed by atoms with Crippen molar-refractivity contribution >= 4 is 25.4 Å². The third-order valence-electron chi connectivity index (χ3n) is 3.99. The number of Topliss-reactive ketones (excluding diaryl/α,β-unsaturated/α-hetero) is 1. The van der Waals surface area contributed by atoms with Crippen LogP contribution in [0.25, 0.3) is 0 Å². The predicted molar refractivity (Wildman–Crippen MR) is 94.3 cm³/mol. The molecule has 2 aromatic rings. The van der Waals surface area contributed by atoms with Crippen LogP contribution in [0.1, 0.15) is 10.4 Å². The number of phosphoric ester groups is 1. The molecule has 0 unspecified atom stereocenters. The number of aliphatic hydroxyl groups excluding tert-OH is 1. The highest BCUT2D eigenvalue weighted by atomic mass is 31.2. The van der Waals surface area contributed by atoms with Crippen molar-refractivity contribution in [1.82, 2.24) is 5.16 Å². The molecule has 3 rings (SSSR count). The second kappa shape index (κ2) is 9.08. The smallest absolute Gasteiger partial charge is 0.469 e. The lowest BCUT2D eigenvalue weighted by molar-refractivity contribution is 0.0562. The van der Waals surface area contributed by atoms with Crippen LogP contribution in [0.15, 0.2) is 29.0 Å². The lowest BCUT2D eigenvalue weighted by Crippen LogP contribution is -2.29. The Kier molecular flexibility index (Phi) is 6.67. The fourth-order valence-electron chi connectivity index (χ4n) is 2.63. The highest BCUT2D eigenvalue weighted by molar-refractivity contribution is 7.46. The van der Waals surface area contributed by atoms with Gasteiger partial charge in [0.15, 0.2) is 11.9 Å². The van der Waals surface area contributed by atoms with Crippen LogP contribution in [0.3, 0.4) is 0 Å². The lowest BCUT2D eigenvalue weighted by atomic mass is 10.0. The van der Waals surface area contributed by atoms with Gasteiger partial charge in [0.1, 0.15) is 30.6 Å². The number of carbonyl (C=O) groups excluding carboxylic acids is 2. The third-order valence-corrected chi connectivity index (χ3v) is 4.48. The molecule has 1 aromatic carbocycles. The average Bonchev–Trinajstić information content (AvgIpc) is 3.32. The topological polar surface area (TPSA) is 169 Å². The largest absolute Gasteiger partial charge is 0.471 e. The molecule has 1 aliphatic rings. The van der Waals surface area contributed by atoms with Gasteiger partial charge in [-0.25, -0.2) is 18.1 Å². The summed E-state index contributed by atoms with van der Waals surface area (Å²) >= 11 is 0. The monoisotopic (exact) mass is 464 g/mol. The Hall–Kier alpha value is -2.90. The molecular formula is C16H15F2N2O10P. The number of carbonyl (C=O) groups is 2. The second-order valence-corrected chi connectivity index (χ2v) is 7.46. The maximum Gasteiger partial charge on any atom is 0.469 e. The minimum absolute atomic E-state index is 0.109. The summed E-state index contributed by atoms with van der Waals surface area (Å²) in [7, 11) is -5.01. The molecule has 2 atom stereocenters. The number of cyclic esters (lactones) is 1. The molecule has 3 N–H and O–H groups in total. The molecule has 15 heteroatoms. The van der Waals surface area contributed by atoms with Crippen LogP contribution in [0.5, 0.6) is 5.88 Å². The highest BCUT2D eigenvalue weighted by Gasteiger charge is 2.35. The van der Waals surface area contributed by atoms with E-state index in [1.54, 1.807) is 0 Å². The Bertz CT molecular complexity index is 989. The summed E-state index contributed by atoms with van der Waals surface area (Å²) in [4.78, 5) is 42.2. The van der Waals surface area contributed by atoms with E-state index in [1.165, 1.54) is 12.3 Å². The summed E-state index contributed by atoms with van der Waals surface area (Å²) < 4.78 is 58.3. The standard InChI is InChI=1S/C16H15F2N2O10P/c17-10-3-8(4-11(18)14(10)15(22)12(21)7-29-31(24,25)26)20-5-9(30-16(20)23)6-27-13-1-2-28-19-13/h1-4,9,12,21H,5-7H2,(H2,24,25,26)/t9-,12+/m1/s1. The molecule has 2 heterocycles. The molecule has 168 valence electrons. The van der Waals surface area contributed by atoms with Gasteiger partial charge < -0.3 is 28.9 Å². The SMILES string of the molecule is O=C(c1c(F)cc(N2C[C@H](COc3ccon3)OC2=O)cc1F)[C@@H](O)COP(=O)(O)O. The molecule has 0 spiro atoms. The Labute approximate surface area is 172 Å². The van der Waals surface area contributed by atoms with E-state index in [-0.39, 0.29) is 24.7 Å². The molecule has 1 aromatic heterocycles. The number of ether oxygens (including phenoxy) is 2. The van der Waals surface area contributed by atoms with E-state index in [9.17, 15) is 28.0 Å². The van der Waals surface area contributed by atoms with Crippen molar-refractivity contribution in [2.45, 2.75) is 12.2 Å². The maximum absolute atomic E-state index is 14.4. The van der Waals surface area contributed by atoms with Crippen molar-refractivity contribution in [3.05, 3.63) is 41.7 Å². The minimum atomic E-state index is -5.01. The fourth-order valence-corrected chi connectivity index (χ4v) is 2.97. The zero-order valence-corrected chi connectivity index (χ0v) is 16.3. The van der Waals surface area contributed by atoms with Gasteiger partial charge in [-0.2, -0.15) is 0 Å². The van der Waals surface area contributed by atoms with Crippen LogP contribution < -0.4 is 9.64 Å². The number of hydrogen-bond acceptors (Lipinski definition) is 9. The van der Waals surface area contributed by atoms with Gasteiger partial charge >= 0.3 is 13.9 Å². The first-order valence-corrected chi connectivity index (χ1v) is 10.0. The third kappa shape index (κ3) is 5.62. The van der Waals surface area contributed by atoms with Crippen molar-refractivity contribution < 1.29 is 56.3 Å². The molecule has 0 saturated carbocycles. The number of phosphoric acid groups is 1. The van der Waals surface area contributed by atoms with Gasteiger partial charge in [0.2, 0.25) is 0 Å². The number of amides is 1. The fraction of sp³-hybridized carbons (Fsp3) is 0.312. The first kappa shape index (κ1) is 22.8. The number of aliphatic hydroxyl groups is 1. The molecule has 1 amide bonds. The number of halogens is 2. The van der Waals surface area contributed by atoms with Crippen molar-refractivity contribution in [1.29, 1.82) is 0 Å². The summed E-state index contributed by atoms with van der Waals surface area (Å²) in [5, 5.41) is 13.1. The molecular weight excluding hydrogens is 449 g/mol. The minimum Gasteiger partial charge on any atom is -0.471 e. The summed E-state index contributed by atoms with van der Waals surface area (Å²) in [5.74, 6) is -4.18. The summed E-state index contributed by atoms with van der Waals surface area (Å²) in [6.45, 7) is -1.42. The van der Waals surface area contributed by atoms with Gasteiger partial charge in [0, 0.05) is 6.07 Å².